The highest BCUT2D eigenvalue weighted by Crippen LogP contribution is 2.42. The second-order valence-corrected chi connectivity index (χ2v) is 9.37. The minimum Gasteiger partial charge on any atom is -0.493 e. The lowest BCUT2D eigenvalue weighted by Crippen LogP contribution is -2.30. The molecule has 2 aromatic carbocycles. The lowest BCUT2D eigenvalue weighted by molar-refractivity contribution is -0.131. The van der Waals surface area contributed by atoms with Gasteiger partial charge in [0.15, 0.2) is 11.5 Å². The Balaban J connectivity index is 1.41. The molecule has 1 saturated heterocycles. The number of thioether (sulfide) groups is 1. The van der Waals surface area contributed by atoms with Crippen LogP contribution in [-0.2, 0) is 11.4 Å². The first kappa shape index (κ1) is 21.1. The van der Waals surface area contributed by atoms with Crippen LogP contribution in [0.5, 0.6) is 11.5 Å². The number of amides is 1. The molecule has 1 saturated carbocycles. The van der Waals surface area contributed by atoms with Crippen molar-refractivity contribution in [2.24, 2.45) is 5.92 Å². The summed E-state index contributed by atoms with van der Waals surface area (Å²) >= 11 is 1.83. The van der Waals surface area contributed by atoms with Crippen LogP contribution in [0.1, 0.15) is 55.0 Å². The topological polar surface area (TPSA) is 38.8 Å². The van der Waals surface area contributed by atoms with Gasteiger partial charge in [0.05, 0.1) is 7.11 Å². The predicted octanol–water partition coefficient (Wildman–Crippen LogP) is 5.82. The van der Waals surface area contributed by atoms with Crippen molar-refractivity contribution >= 4 is 17.7 Å². The molecule has 4 rings (SSSR count). The number of benzene rings is 2. The Labute approximate surface area is 183 Å². The average Bonchev–Trinajstić information content (AvgIpc) is 3.49. The number of carbonyl (C=O) groups is 1. The summed E-state index contributed by atoms with van der Waals surface area (Å²) in [7, 11) is 1.67. The SMILES string of the molecule is COc1cc([C@H]2SCCN2C(=O)CCC2CCCC2)ccc1OCc1ccccc1. The minimum atomic E-state index is 0.0677. The fourth-order valence-electron chi connectivity index (χ4n) is 4.46. The summed E-state index contributed by atoms with van der Waals surface area (Å²) in [5, 5.41) is 0.0677. The Morgan fingerprint density at radius 1 is 1.10 bits per heavy atom. The normalized spacial score (nSPS) is 19.2. The van der Waals surface area contributed by atoms with Crippen molar-refractivity contribution in [3.05, 3.63) is 59.7 Å². The molecule has 1 aliphatic heterocycles. The quantitative estimate of drug-likeness (QED) is 0.534. The molecule has 0 spiro atoms. The monoisotopic (exact) mass is 425 g/mol. The van der Waals surface area contributed by atoms with E-state index < -0.39 is 0 Å². The number of hydrogen-bond acceptors (Lipinski definition) is 4. The van der Waals surface area contributed by atoms with Gasteiger partial charge in [0.25, 0.3) is 0 Å². The Hall–Kier alpha value is -2.14. The van der Waals surface area contributed by atoms with Gasteiger partial charge in [-0.3, -0.25) is 4.79 Å². The van der Waals surface area contributed by atoms with Crippen LogP contribution < -0.4 is 9.47 Å². The molecular weight excluding hydrogens is 394 g/mol. The number of hydrogen-bond donors (Lipinski definition) is 0. The second-order valence-electron chi connectivity index (χ2n) is 8.18. The summed E-state index contributed by atoms with van der Waals surface area (Å²) in [6, 6.07) is 16.2. The lowest BCUT2D eigenvalue weighted by atomic mass is 10.0. The van der Waals surface area contributed by atoms with E-state index in [0.29, 0.717) is 24.7 Å². The zero-order chi connectivity index (χ0) is 20.8. The van der Waals surface area contributed by atoms with E-state index in [1.54, 1.807) is 7.11 Å². The number of ether oxygens (including phenoxy) is 2. The predicted molar refractivity (Wildman–Crippen MR) is 122 cm³/mol. The first-order valence-corrected chi connectivity index (χ1v) is 12.0. The van der Waals surface area contributed by atoms with Gasteiger partial charge in [-0.1, -0.05) is 62.1 Å². The van der Waals surface area contributed by atoms with Crippen molar-refractivity contribution in [2.75, 3.05) is 19.4 Å². The third-order valence-electron chi connectivity index (χ3n) is 6.16. The molecule has 160 valence electrons. The average molecular weight is 426 g/mol. The third kappa shape index (κ3) is 5.12. The van der Waals surface area contributed by atoms with E-state index in [4.69, 9.17) is 9.47 Å². The van der Waals surface area contributed by atoms with Gasteiger partial charge in [-0.05, 0) is 35.6 Å². The van der Waals surface area contributed by atoms with Gasteiger partial charge < -0.3 is 14.4 Å². The van der Waals surface area contributed by atoms with Crippen molar-refractivity contribution < 1.29 is 14.3 Å². The van der Waals surface area contributed by atoms with Gasteiger partial charge >= 0.3 is 0 Å². The van der Waals surface area contributed by atoms with Crippen molar-refractivity contribution in [2.45, 2.75) is 50.5 Å². The molecule has 1 heterocycles. The molecule has 0 radical (unpaired) electrons. The largest absolute Gasteiger partial charge is 0.493 e. The van der Waals surface area contributed by atoms with Gasteiger partial charge in [0, 0.05) is 18.7 Å². The van der Waals surface area contributed by atoms with Gasteiger partial charge in [0.1, 0.15) is 12.0 Å². The van der Waals surface area contributed by atoms with E-state index in [-0.39, 0.29) is 5.37 Å². The van der Waals surface area contributed by atoms with Crippen LogP contribution in [0.15, 0.2) is 48.5 Å². The van der Waals surface area contributed by atoms with Crippen LogP contribution in [0, 0.1) is 5.92 Å². The number of rotatable bonds is 8. The molecule has 0 N–H and O–H groups in total. The maximum Gasteiger partial charge on any atom is 0.223 e. The molecule has 1 aliphatic carbocycles. The fourth-order valence-corrected chi connectivity index (χ4v) is 5.73. The molecule has 5 heteroatoms. The first-order chi connectivity index (χ1) is 14.7. The minimum absolute atomic E-state index is 0.0677. The maximum atomic E-state index is 12.9. The van der Waals surface area contributed by atoms with E-state index in [1.165, 1.54) is 25.7 Å². The summed E-state index contributed by atoms with van der Waals surface area (Å²) in [6.45, 7) is 1.33. The molecule has 4 nitrogen and oxygen atoms in total. The van der Waals surface area contributed by atoms with Crippen LogP contribution in [0.25, 0.3) is 0 Å². The molecular formula is C25H31NO3S. The van der Waals surface area contributed by atoms with E-state index >= 15 is 0 Å². The van der Waals surface area contributed by atoms with Gasteiger partial charge in [-0.2, -0.15) is 0 Å². The molecule has 2 fully saturated rings. The van der Waals surface area contributed by atoms with Crippen LogP contribution in [0.3, 0.4) is 0 Å². The molecule has 1 atom stereocenters. The van der Waals surface area contributed by atoms with Crippen molar-refractivity contribution in [1.82, 2.24) is 4.90 Å². The second kappa shape index (κ2) is 10.3. The van der Waals surface area contributed by atoms with E-state index in [0.717, 1.165) is 41.5 Å². The van der Waals surface area contributed by atoms with Crippen molar-refractivity contribution in [1.29, 1.82) is 0 Å². The Morgan fingerprint density at radius 3 is 2.67 bits per heavy atom. The molecule has 0 bridgehead atoms. The summed E-state index contributed by atoms with van der Waals surface area (Å²) in [6.07, 6.45) is 6.98. The molecule has 0 aromatic heterocycles. The summed E-state index contributed by atoms with van der Waals surface area (Å²) in [5.41, 5.74) is 2.23. The van der Waals surface area contributed by atoms with Gasteiger partial charge in [-0.25, -0.2) is 0 Å². The van der Waals surface area contributed by atoms with Gasteiger partial charge in [-0.15, -0.1) is 11.8 Å². The third-order valence-corrected chi connectivity index (χ3v) is 7.42. The number of nitrogens with zero attached hydrogens (tertiary/aromatic N) is 1. The molecule has 30 heavy (non-hydrogen) atoms. The van der Waals surface area contributed by atoms with Crippen molar-refractivity contribution in [3.63, 3.8) is 0 Å². The van der Waals surface area contributed by atoms with Crippen LogP contribution >= 0.6 is 11.8 Å². The van der Waals surface area contributed by atoms with Crippen LogP contribution in [0.4, 0.5) is 0 Å². The fraction of sp³-hybridized carbons (Fsp3) is 0.480. The molecule has 2 aromatic rings. The molecule has 0 unspecified atom stereocenters. The maximum absolute atomic E-state index is 12.9. The highest BCUT2D eigenvalue weighted by molar-refractivity contribution is 7.99. The number of methoxy groups -OCH3 is 1. The highest BCUT2D eigenvalue weighted by atomic mass is 32.2. The summed E-state index contributed by atoms with van der Waals surface area (Å²) in [5.74, 6) is 3.47. The zero-order valence-corrected chi connectivity index (χ0v) is 18.5. The number of carbonyl (C=O) groups excluding carboxylic acids is 1. The standard InChI is InChI=1S/C25H31NO3S/c1-28-23-17-21(12-13-22(23)29-18-20-9-3-2-4-10-20)25-26(15-16-30-25)24(27)14-11-19-7-5-6-8-19/h2-4,9-10,12-13,17,19,25H,5-8,11,14-16,18H2,1H3/t25-/m1/s1. The molecule has 2 aliphatic rings. The lowest BCUT2D eigenvalue weighted by Gasteiger charge is -2.25. The molecule has 1 amide bonds. The zero-order valence-electron chi connectivity index (χ0n) is 17.7. The highest BCUT2D eigenvalue weighted by Gasteiger charge is 2.31. The summed E-state index contributed by atoms with van der Waals surface area (Å²) in [4.78, 5) is 15.0. The Morgan fingerprint density at radius 2 is 1.90 bits per heavy atom. The van der Waals surface area contributed by atoms with Crippen LogP contribution in [-0.4, -0.2) is 30.2 Å². The van der Waals surface area contributed by atoms with E-state index in [9.17, 15) is 4.79 Å². The first-order valence-electron chi connectivity index (χ1n) is 11.0. The van der Waals surface area contributed by atoms with Crippen molar-refractivity contribution in [3.8, 4) is 11.5 Å². The van der Waals surface area contributed by atoms with Gasteiger partial charge in [0.2, 0.25) is 5.91 Å². The van der Waals surface area contributed by atoms with E-state index in [1.807, 2.05) is 54.2 Å². The Bertz CT molecular complexity index is 836. The van der Waals surface area contributed by atoms with Crippen LogP contribution in [0.2, 0.25) is 0 Å². The summed E-state index contributed by atoms with van der Waals surface area (Å²) < 4.78 is 11.6. The van der Waals surface area contributed by atoms with E-state index in [2.05, 4.69) is 11.0 Å². The Kier molecular flexibility index (Phi) is 7.21. The smallest absolute Gasteiger partial charge is 0.223 e.